The minimum absolute atomic E-state index is 0.00894. The fourth-order valence-electron chi connectivity index (χ4n) is 1.63. The van der Waals surface area contributed by atoms with Crippen LogP contribution in [0.3, 0.4) is 0 Å². The van der Waals surface area contributed by atoms with Gasteiger partial charge in [-0.1, -0.05) is 0 Å². The van der Waals surface area contributed by atoms with E-state index in [2.05, 4.69) is 20.6 Å². The zero-order chi connectivity index (χ0) is 17.0. The third kappa shape index (κ3) is 4.89. The fourth-order valence-corrected chi connectivity index (χ4v) is 2.09. The third-order valence-electron chi connectivity index (χ3n) is 2.61. The number of nitrogens with one attached hydrogen (secondary N) is 2. The van der Waals surface area contributed by atoms with Crippen molar-refractivity contribution in [3.05, 3.63) is 39.3 Å². The van der Waals surface area contributed by atoms with Gasteiger partial charge in [-0.3, -0.25) is 0 Å². The van der Waals surface area contributed by atoms with Gasteiger partial charge in [-0.15, -0.1) is 0 Å². The Balaban J connectivity index is 2.36. The first-order valence-corrected chi connectivity index (χ1v) is 7.40. The molecule has 0 saturated heterocycles. The van der Waals surface area contributed by atoms with E-state index in [9.17, 15) is 17.6 Å². The first-order chi connectivity index (χ1) is 10.8. The molecule has 0 radical (unpaired) electrons. The lowest BCUT2D eigenvalue weighted by Crippen LogP contribution is -2.15. The van der Waals surface area contributed by atoms with E-state index >= 15 is 0 Å². The van der Waals surface area contributed by atoms with Crippen molar-refractivity contribution in [1.29, 1.82) is 0 Å². The molecule has 0 atom stereocenters. The first kappa shape index (κ1) is 17.7. The maximum absolute atomic E-state index is 13.8. The number of aliphatic hydroxyl groups excluding tert-OH is 1. The summed E-state index contributed by atoms with van der Waals surface area (Å²) in [5.41, 5.74) is -1.19. The van der Waals surface area contributed by atoms with Crippen LogP contribution in [-0.4, -0.2) is 28.2 Å². The van der Waals surface area contributed by atoms with Crippen molar-refractivity contribution in [2.24, 2.45) is 0 Å². The number of aromatic nitrogens is 2. The largest absolute Gasteiger partial charge is 0.433 e. The molecule has 0 spiro atoms. The van der Waals surface area contributed by atoms with Gasteiger partial charge in [0.05, 0.1) is 12.3 Å². The van der Waals surface area contributed by atoms with Crippen molar-refractivity contribution in [2.75, 3.05) is 23.8 Å². The molecule has 124 valence electrons. The predicted octanol–water partition coefficient (Wildman–Crippen LogP) is 3.39. The highest BCUT2D eigenvalue weighted by molar-refractivity contribution is 14.1. The van der Waals surface area contributed by atoms with Gasteiger partial charge in [0, 0.05) is 16.2 Å². The Morgan fingerprint density at radius 2 is 1.91 bits per heavy atom. The van der Waals surface area contributed by atoms with Crippen molar-refractivity contribution in [1.82, 2.24) is 9.97 Å². The van der Waals surface area contributed by atoms with E-state index < -0.39 is 17.7 Å². The van der Waals surface area contributed by atoms with Crippen LogP contribution in [0.4, 0.5) is 35.0 Å². The van der Waals surface area contributed by atoms with Crippen molar-refractivity contribution >= 4 is 40.0 Å². The molecule has 0 bridgehead atoms. The predicted molar refractivity (Wildman–Crippen MR) is 85.0 cm³/mol. The van der Waals surface area contributed by atoms with Gasteiger partial charge in [0.25, 0.3) is 0 Å². The molecule has 0 aliphatic carbocycles. The highest BCUT2D eigenvalue weighted by atomic mass is 127. The number of hydrogen-bond acceptors (Lipinski definition) is 5. The number of halogens is 5. The Kier molecular flexibility index (Phi) is 5.57. The number of nitrogens with zero attached hydrogens (tertiary/aromatic N) is 2. The smallest absolute Gasteiger partial charge is 0.395 e. The number of hydrogen-bond donors (Lipinski definition) is 3. The highest BCUT2D eigenvalue weighted by Gasteiger charge is 2.33. The quantitative estimate of drug-likeness (QED) is 0.490. The molecular weight excluding hydrogens is 431 g/mol. The summed E-state index contributed by atoms with van der Waals surface area (Å²) in [5, 5.41) is 13.7. The molecule has 10 heteroatoms. The van der Waals surface area contributed by atoms with Gasteiger partial charge in [-0.25, -0.2) is 9.37 Å². The second-order valence-electron chi connectivity index (χ2n) is 4.36. The van der Waals surface area contributed by atoms with Crippen LogP contribution in [-0.2, 0) is 6.18 Å². The molecule has 0 amide bonds. The molecule has 0 fully saturated rings. The Labute approximate surface area is 142 Å². The lowest BCUT2D eigenvalue weighted by atomic mass is 10.3. The van der Waals surface area contributed by atoms with Gasteiger partial charge in [0.1, 0.15) is 11.6 Å². The standard InChI is InChI=1S/C13H11F4IN4O/c14-8-5-7(18)1-2-9(8)20-11-6-10(13(15,16)17)21-12(22-11)19-3-4-23/h1-2,5-6,23H,3-4H2,(H2,19,20,21,22). The van der Waals surface area contributed by atoms with Crippen molar-refractivity contribution in [3.8, 4) is 0 Å². The van der Waals surface area contributed by atoms with Crippen LogP contribution >= 0.6 is 22.6 Å². The van der Waals surface area contributed by atoms with E-state index in [1.54, 1.807) is 6.07 Å². The van der Waals surface area contributed by atoms with Crippen LogP contribution in [0, 0.1) is 9.39 Å². The monoisotopic (exact) mass is 442 g/mol. The minimum atomic E-state index is -4.68. The van der Waals surface area contributed by atoms with Crippen LogP contribution in [0.2, 0.25) is 0 Å². The second-order valence-corrected chi connectivity index (χ2v) is 5.60. The first-order valence-electron chi connectivity index (χ1n) is 6.32. The highest BCUT2D eigenvalue weighted by Crippen LogP contribution is 2.30. The number of anilines is 3. The Hall–Kier alpha value is -1.69. The number of aliphatic hydroxyl groups is 1. The number of rotatable bonds is 5. The average Bonchev–Trinajstić information content (AvgIpc) is 2.47. The SMILES string of the molecule is OCCNc1nc(Nc2ccc(I)cc2F)cc(C(F)(F)F)n1. The average molecular weight is 442 g/mol. The van der Waals surface area contributed by atoms with Gasteiger partial charge in [0.2, 0.25) is 5.95 Å². The minimum Gasteiger partial charge on any atom is -0.395 e. The summed E-state index contributed by atoms with van der Waals surface area (Å²) < 4.78 is 53.1. The van der Waals surface area contributed by atoms with E-state index in [1.807, 2.05) is 22.6 Å². The summed E-state index contributed by atoms with van der Waals surface area (Å²) in [7, 11) is 0. The summed E-state index contributed by atoms with van der Waals surface area (Å²) in [6.45, 7) is -0.313. The molecule has 1 aromatic heterocycles. The zero-order valence-corrected chi connectivity index (χ0v) is 13.6. The summed E-state index contributed by atoms with van der Waals surface area (Å²) in [6, 6.07) is 4.91. The van der Waals surface area contributed by atoms with E-state index in [1.165, 1.54) is 12.1 Å². The molecule has 1 heterocycles. The molecule has 3 N–H and O–H groups in total. The fraction of sp³-hybridized carbons (Fsp3) is 0.231. The summed E-state index contributed by atoms with van der Waals surface area (Å²) in [4.78, 5) is 7.16. The van der Waals surface area contributed by atoms with Gasteiger partial charge in [0.15, 0.2) is 5.69 Å². The van der Waals surface area contributed by atoms with Crippen molar-refractivity contribution < 1.29 is 22.7 Å². The number of alkyl halides is 3. The van der Waals surface area contributed by atoms with E-state index in [-0.39, 0.29) is 30.6 Å². The van der Waals surface area contributed by atoms with Crippen molar-refractivity contribution in [3.63, 3.8) is 0 Å². The van der Waals surface area contributed by atoms with Crippen LogP contribution in [0.5, 0.6) is 0 Å². The molecule has 1 aromatic carbocycles. The van der Waals surface area contributed by atoms with E-state index in [0.717, 1.165) is 0 Å². The maximum Gasteiger partial charge on any atom is 0.433 e. The number of benzene rings is 1. The molecule has 0 saturated carbocycles. The maximum atomic E-state index is 13.8. The summed E-state index contributed by atoms with van der Waals surface area (Å²) in [6.07, 6.45) is -4.68. The lowest BCUT2D eigenvalue weighted by Gasteiger charge is -2.13. The van der Waals surface area contributed by atoms with Gasteiger partial charge in [-0.05, 0) is 40.8 Å². The van der Waals surface area contributed by atoms with Gasteiger partial charge < -0.3 is 15.7 Å². The van der Waals surface area contributed by atoms with Crippen LogP contribution < -0.4 is 10.6 Å². The Morgan fingerprint density at radius 3 is 2.52 bits per heavy atom. The topological polar surface area (TPSA) is 70.1 Å². The second kappa shape index (κ2) is 7.25. The van der Waals surface area contributed by atoms with Crippen molar-refractivity contribution in [2.45, 2.75) is 6.18 Å². The third-order valence-corrected chi connectivity index (χ3v) is 3.28. The van der Waals surface area contributed by atoms with Crippen LogP contribution in [0.1, 0.15) is 5.69 Å². The summed E-state index contributed by atoms with van der Waals surface area (Å²) in [5.74, 6) is -1.15. The lowest BCUT2D eigenvalue weighted by molar-refractivity contribution is -0.141. The van der Waals surface area contributed by atoms with Crippen LogP contribution in [0.25, 0.3) is 0 Å². The van der Waals surface area contributed by atoms with Gasteiger partial charge in [-0.2, -0.15) is 18.2 Å². The molecule has 0 aliphatic rings. The van der Waals surface area contributed by atoms with Crippen LogP contribution in [0.15, 0.2) is 24.3 Å². The molecular formula is C13H11F4IN4O. The Bertz CT molecular complexity index is 696. The molecule has 2 rings (SSSR count). The zero-order valence-electron chi connectivity index (χ0n) is 11.5. The molecule has 5 nitrogen and oxygen atoms in total. The summed E-state index contributed by atoms with van der Waals surface area (Å²) >= 11 is 1.91. The molecule has 0 unspecified atom stereocenters. The molecule has 2 aromatic rings. The van der Waals surface area contributed by atoms with Gasteiger partial charge >= 0.3 is 6.18 Å². The molecule has 23 heavy (non-hydrogen) atoms. The Morgan fingerprint density at radius 1 is 1.17 bits per heavy atom. The normalized spacial score (nSPS) is 11.4. The van der Waals surface area contributed by atoms with E-state index in [0.29, 0.717) is 9.64 Å². The van der Waals surface area contributed by atoms with E-state index in [4.69, 9.17) is 5.11 Å². The molecule has 0 aliphatic heterocycles.